The molecule has 0 aliphatic heterocycles. The van der Waals surface area contributed by atoms with E-state index >= 15 is 0 Å². The molecule has 1 aromatic carbocycles. The van der Waals surface area contributed by atoms with Gasteiger partial charge in [-0.05, 0) is 25.5 Å². The molecule has 0 aliphatic rings. The number of hydrogen-bond acceptors (Lipinski definition) is 2. The van der Waals surface area contributed by atoms with Gasteiger partial charge in [0.2, 0.25) is 0 Å². The fourth-order valence-electron chi connectivity index (χ4n) is 1.24. The van der Waals surface area contributed by atoms with E-state index in [4.69, 9.17) is 5.73 Å². The molecule has 0 saturated carbocycles. The van der Waals surface area contributed by atoms with Crippen molar-refractivity contribution in [3.05, 3.63) is 41.7 Å². The van der Waals surface area contributed by atoms with E-state index in [0.29, 0.717) is 12.8 Å². The van der Waals surface area contributed by atoms with E-state index in [9.17, 15) is 9.18 Å². The first kappa shape index (κ1) is 11.4. The predicted molar refractivity (Wildman–Crippen MR) is 59.2 cm³/mol. The maximum absolute atomic E-state index is 13.0. The number of para-hydroxylation sites is 1. The molecule has 0 heterocycles. The van der Waals surface area contributed by atoms with Crippen LogP contribution in [0.15, 0.2) is 30.4 Å². The third-order valence-electron chi connectivity index (χ3n) is 2.13. The molecule has 2 N–H and O–H groups in total. The second-order valence-corrected chi connectivity index (χ2v) is 3.58. The van der Waals surface area contributed by atoms with Gasteiger partial charge in [-0.25, -0.2) is 4.39 Å². The maximum Gasteiger partial charge on any atom is 0.165 e. The molecule has 0 unspecified atom stereocenters. The lowest BCUT2D eigenvalue weighted by Gasteiger charge is -2.05. The number of Topliss-reactive ketones (excluding diaryl/α,β-unsaturated/α-hetero) is 1. The van der Waals surface area contributed by atoms with E-state index in [1.54, 1.807) is 6.07 Å². The number of nitrogens with two attached hydrogens (primary N) is 1. The van der Waals surface area contributed by atoms with E-state index < -0.39 is 5.82 Å². The third-order valence-corrected chi connectivity index (χ3v) is 2.13. The van der Waals surface area contributed by atoms with Crippen LogP contribution in [0.3, 0.4) is 0 Å². The number of rotatable bonds is 4. The molecule has 0 amide bonds. The van der Waals surface area contributed by atoms with Gasteiger partial charge in [-0.2, -0.15) is 0 Å². The molecule has 2 nitrogen and oxygen atoms in total. The quantitative estimate of drug-likeness (QED) is 0.468. The first-order chi connectivity index (χ1) is 7.02. The number of carbonyl (C=O) groups excluding carboxylic acids is 1. The van der Waals surface area contributed by atoms with Crippen molar-refractivity contribution in [3.63, 3.8) is 0 Å². The fraction of sp³-hybridized carbons (Fsp3) is 0.250. The van der Waals surface area contributed by atoms with Gasteiger partial charge < -0.3 is 5.73 Å². The summed E-state index contributed by atoms with van der Waals surface area (Å²) in [6.45, 7) is 5.55. The summed E-state index contributed by atoms with van der Waals surface area (Å²) in [6.07, 6.45) is 0.928. The first-order valence-corrected chi connectivity index (χ1v) is 4.74. The normalized spacial score (nSPS) is 10.0. The fourth-order valence-corrected chi connectivity index (χ4v) is 1.24. The Morgan fingerprint density at radius 3 is 2.73 bits per heavy atom. The number of ketones is 1. The Bertz CT molecular complexity index is 399. The second-order valence-electron chi connectivity index (χ2n) is 3.58. The number of anilines is 1. The number of hydrogen-bond donors (Lipinski definition) is 1. The van der Waals surface area contributed by atoms with Crippen molar-refractivity contribution in [2.75, 3.05) is 5.73 Å². The van der Waals surface area contributed by atoms with Gasteiger partial charge in [0.05, 0.1) is 5.69 Å². The van der Waals surface area contributed by atoms with E-state index in [-0.39, 0.29) is 17.0 Å². The highest BCUT2D eigenvalue weighted by molar-refractivity contribution is 6.00. The van der Waals surface area contributed by atoms with Crippen molar-refractivity contribution in [2.24, 2.45) is 0 Å². The lowest BCUT2D eigenvalue weighted by Crippen LogP contribution is -2.05. The van der Waals surface area contributed by atoms with Gasteiger partial charge >= 0.3 is 0 Å². The summed E-state index contributed by atoms with van der Waals surface area (Å²) >= 11 is 0. The second kappa shape index (κ2) is 4.73. The van der Waals surface area contributed by atoms with Gasteiger partial charge in [0.15, 0.2) is 5.78 Å². The Labute approximate surface area is 88.6 Å². The van der Waals surface area contributed by atoms with E-state index in [1.165, 1.54) is 12.1 Å². The zero-order chi connectivity index (χ0) is 11.4. The van der Waals surface area contributed by atoms with Crippen LogP contribution >= 0.6 is 0 Å². The molecule has 0 fully saturated rings. The lowest BCUT2D eigenvalue weighted by atomic mass is 10.0. The van der Waals surface area contributed by atoms with E-state index in [0.717, 1.165) is 5.57 Å². The average Bonchev–Trinajstić information content (AvgIpc) is 2.18. The van der Waals surface area contributed by atoms with E-state index in [2.05, 4.69) is 6.58 Å². The lowest BCUT2D eigenvalue weighted by molar-refractivity contribution is 0.0983. The van der Waals surface area contributed by atoms with Crippen LogP contribution in [0.2, 0.25) is 0 Å². The summed E-state index contributed by atoms with van der Waals surface area (Å²) in [6, 6.07) is 4.27. The van der Waals surface area contributed by atoms with Crippen LogP contribution in [0.5, 0.6) is 0 Å². The molecule has 0 atom stereocenters. The Hall–Kier alpha value is -1.64. The molecule has 0 radical (unpaired) electrons. The van der Waals surface area contributed by atoms with Crippen molar-refractivity contribution in [3.8, 4) is 0 Å². The number of nitrogen functional groups attached to an aromatic ring is 1. The van der Waals surface area contributed by atoms with Crippen LogP contribution in [-0.2, 0) is 0 Å². The Balaban J connectivity index is 2.82. The standard InChI is InChI=1S/C12H14FNO/c1-8(2)6-7-11(15)9-4-3-5-10(13)12(9)14/h3-5H,1,6-7,14H2,2H3. The Morgan fingerprint density at radius 2 is 2.13 bits per heavy atom. The highest BCUT2D eigenvalue weighted by atomic mass is 19.1. The molecule has 3 heteroatoms. The van der Waals surface area contributed by atoms with Crippen LogP contribution in [-0.4, -0.2) is 5.78 Å². The van der Waals surface area contributed by atoms with Crippen LogP contribution in [0.25, 0.3) is 0 Å². The van der Waals surface area contributed by atoms with Gasteiger partial charge in [-0.15, -0.1) is 6.58 Å². The summed E-state index contributed by atoms with van der Waals surface area (Å²) in [5.41, 5.74) is 6.60. The molecule has 1 rings (SSSR count). The number of allylic oxidation sites excluding steroid dienone is 1. The average molecular weight is 207 g/mol. The van der Waals surface area contributed by atoms with Gasteiger partial charge in [0.1, 0.15) is 5.82 Å². The topological polar surface area (TPSA) is 43.1 Å². The summed E-state index contributed by atoms with van der Waals surface area (Å²) in [4.78, 5) is 11.6. The van der Waals surface area contributed by atoms with Crippen molar-refractivity contribution in [1.82, 2.24) is 0 Å². The number of carbonyl (C=O) groups is 1. The SMILES string of the molecule is C=C(C)CCC(=O)c1cccc(F)c1N. The number of benzene rings is 1. The van der Waals surface area contributed by atoms with Crippen molar-refractivity contribution in [1.29, 1.82) is 0 Å². The van der Waals surface area contributed by atoms with Crippen LogP contribution < -0.4 is 5.73 Å². The molecule has 1 aromatic rings. The molecular formula is C12H14FNO. The zero-order valence-corrected chi connectivity index (χ0v) is 8.72. The van der Waals surface area contributed by atoms with Gasteiger partial charge in [-0.3, -0.25) is 4.79 Å². The van der Waals surface area contributed by atoms with Crippen molar-refractivity contribution < 1.29 is 9.18 Å². The van der Waals surface area contributed by atoms with Crippen LogP contribution in [0.4, 0.5) is 10.1 Å². The maximum atomic E-state index is 13.0. The summed E-state index contributed by atoms with van der Waals surface area (Å²) < 4.78 is 13.0. The molecule has 0 spiro atoms. The molecular weight excluding hydrogens is 193 g/mol. The predicted octanol–water partition coefficient (Wildman–Crippen LogP) is 2.95. The highest BCUT2D eigenvalue weighted by Gasteiger charge is 2.11. The Kier molecular flexibility index (Phi) is 3.61. The monoisotopic (exact) mass is 207 g/mol. The smallest absolute Gasteiger partial charge is 0.165 e. The molecule has 80 valence electrons. The molecule has 0 saturated heterocycles. The minimum absolute atomic E-state index is 0.0655. The summed E-state index contributed by atoms with van der Waals surface area (Å²) in [5, 5.41) is 0. The van der Waals surface area contributed by atoms with Gasteiger partial charge in [0.25, 0.3) is 0 Å². The minimum Gasteiger partial charge on any atom is -0.396 e. The number of halogens is 1. The molecule has 15 heavy (non-hydrogen) atoms. The van der Waals surface area contributed by atoms with Crippen LogP contribution in [0.1, 0.15) is 30.1 Å². The van der Waals surface area contributed by atoms with E-state index in [1.807, 2.05) is 6.92 Å². The molecule has 0 aliphatic carbocycles. The first-order valence-electron chi connectivity index (χ1n) is 4.74. The molecule has 0 aromatic heterocycles. The Morgan fingerprint density at radius 1 is 1.47 bits per heavy atom. The van der Waals surface area contributed by atoms with Gasteiger partial charge in [-0.1, -0.05) is 11.6 Å². The minimum atomic E-state index is -0.545. The largest absolute Gasteiger partial charge is 0.396 e. The van der Waals surface area contributed by atoms with Crippen LogP contribution in [0, 0.1) is 5.82 Å². The zero-order valence-electron chi connectivity index (χ0n) is 8.72. The van der Waals surface area contributed by atoms with Gasteiger partial charge in [0, 0.05) is 12.0 Å². The summed E-state index contributed by atoms with van der Waals surface area (Å²) in [7, 11) is 0. The van der Waals surface area contributed by atoms with Crippen molar-refractivity contribution in [2.45, 2.75) is 19.8 Å². The molecule has 0 bridgehead atoms. The third kappa shape index (κ3) is 2.91. The summed E-state index contributed by atoms with van der Waals surface area (Å²) in [5.74, 6) is -0.689. The van der Waals surface area contributed by atoms with Crippen molar-refractivity contribution >= 4 is 11.5 Å². The highest BCUT2D eigenvalue weighted by Crippen LogP contribution is 2.18.